The van der Waals surface area contributed by atoms with Gasteiger partial charge in [-0.05, 0) is 46.5 Å². The molecule has 1 aromatic heterocycles. The molecule has 3 rings (SSSR count). The highest BCUT2D eigenvalue weighted by Crippen LogP contribution is 2.31. The highest BCUT2D eigenvalue weighted by Gasteiger charge is 2.39. The van der Waals surface area contributed by atoms with Gasteiger partial charge in [-0.1, -0.05) is 0 Å². The van der Waals surface area contributed by atoms with Gasteiger partial charge in [0.25, 0.3) is 0 Å². The summed E-state index contributed by atoms with van der Waals surface area (Å²) in [6.45, 7) is 5.59. The number of piperidine rings is 1. The van der Waals surface area contributed by atoms with Crippen LogP contribution in [0.15, 0.2) is 4.90 Å². The zero-order chi connectivity index (χ0) is 19.8. The average molecular weight is 397 g/mol. The van der Waals surface area contributed by atoms with Gasteiger partial charge in [0.2, 0.25) is 15.9 Å². The topological polar surface area (TPSA) is 109 Å². The van der Waals surface area contributed by atoms with E-state index in [-0.39, 0.29) is 41.5 Å². The van der Waals surface area contributed by atoms with Crippen LogP contribution in [0.25, 0.3) is 0 Å². The van der Waals surface area contributed by atoms with Crippen LogP contribution in [-0.2, 0) is 19.6 Å². The minimum absolute atomic E-state index is 0.0401. The van der Waals surface area contributed by atoms with Crippen molar-refractivity contribution in [1.82, 2.24) is 14.6 Å². The van der Waals surface area contributed by atoms with Crippen molar-refractivity contribution >= 4 is 21.9 Å². The van der Waals surface area contributed by atoms with Crippen LogP contribution in [-0.4, -0.2) is 55.3 Å². The van der Waals surface area contributed by atoms with Gasteiger partial charge in [0, 0.05) is 30.5 Å². The summed E-state index contributed by atoms with van der Waals surface area (Å²) in [4.78, 5) is 27.6. The summed E-state index contributed by atoms with van der Waals surface area (Å²) in [6.07, 6.45) is 3.26. The quantitative estimate of drug-likeness (QED) is 0.707. The van der Waals surface area contributed by atoms with E-state index < -0.39 is 16.0 Å². The van der Waals surface area contributed by atoms with Gasteiger partial charge in [0.15, 0.2) is 0 Å². The number of aromatic amines is 1. The lowest BCUT2D eigenvalue weighted by atomic mass is 9.99. The predicted molar refractivity (Wildman–Crippen MR) is 98.9 cm³/mol. The molecule has 0 aromatic carbocycles. The van der Waals surface area contributed by atoms with Crippen LogP contribution in [0.5, 0.6) is 0 Å². The zero-order valence-corrected chi connectivity index (χ0v) is 16.8. The number of nitrogens with one attached hydrogen (secondary N) is 2. The molecule has 150 valence electrons. The fourth-order valence-corrected chi connectivity index (χ4v) is 5.52. The highest BCUT2D eigenvalue weighted by molar-refractivity contribution is 7.89. The Bertz CT molecular complexity index is 841. The van der Waals surface area contributed by atoms with Crippen LogP contribution in [0.1, 0.15) is 54.4 Å². The number of ether oxygens (including phenoxy) is 1. The molecule has 1 aliphatic carbocycles. The van der Waals surface area contributed by atoms with E-state index in [2.05, 4.69) is 10.3 Å². The van der Waals surface area contributed by atoms with Crippen LogP contribution >= 0.6 is 0 Å². The molecule has 1 unspecified atom stereocenters. The van der Waals surface area contributed by atoms with Gasteiger partial charge in [0.1, 0.15) is 10.5 Å². The first kappa shape index (κ1) is 19.9. The van der Waals surface area contributed by atoms with Gasteiger partial charge in [-0.3, -0.25) is 4.79 Å². The summed E-state index contributed by atoms with van der Waals surface area (Å²) < 4.78 is 33.0. The number of rotatable bonds is 6. The van der Waals surface area contributed by atoms with Gasteiger partial charge in [0.05, 0.1) is 12.5 Å². The Morgan fingerprint density at radius 1 is 1.22 bits per heavy atom. The summed E-state index contributed by atoms with van der Waals surface area (Å²) >= 11 is 0. The number of hydrogen-bond donors (Lipinski definition) is 2. The molecule has 1 saturated carbocycles. The number of aromatic nitrogens is 1. The Labute approximate surface area is 159 Å². The molecule has 2 N–H and O–H groups in total. The Morgan fingerprint density at radius 2 is 1.93 bits per heavy atom. The zero-order valence-electron chi connectivity index (χ0n) is 16.0. The maximum atomic E-state index is 13.3. The molecule has 2 fully saturated rings. The van der Waals surface area contributed by atoms with E-state index in [9.17, 15) is 18.0 Å². The molecule has 27 heavy (non-hydrogen) atoms. The fraction of sp³-hybridized carbons (Fsp3) is 0.667. The van der Waals surface area contributed by atoms with Crippen LogP contribution in [0.2, 0.25) is 0 Å². The summed E-state index contributed by atoms with van der Waals surface area (Å²) in [6, 6.07) is 0.245. The Balaban J connectivity index is 1.87. The van der Waals surface area contributed by atoms with E-state index in [1.54, 1.807) is 20.8 Å². The molecule has 2 heterocycles. The lowest BCUT2D eigenvalue weighted by Crippen LogP contribution is -2.46. The number of esters is 1. The molecule has 0 radical (unpaired) electrons. The lowest BCUT2D eigenvalue weighted by Gasteiger charge is -2.31. The Hall–Kier alpha value is -1.87. The number of H-pyrrole nitrogens is 1. The van der Waals surface area contributed by atoms with E-state index in [1.165, 1.54) is 4.31 Å². The van der Waals surface area contributed by atoms with Crippen molar-refractivity contribution in [1.29, 1.82) is 0 Å². The van der Waals surface area contributed by atoms with Crippen molar-refractivity contribution in [3.05, 3.63) is 17.0 Å². The van der Waals surface area contributed by atoms with Gasteiger partial charge < -0.3 is 15.0 Å². The third kappa shape index (κ3) is 4.03. The van der Waals surface area contributed by atoms with Gasteiger partial charge in [-0.25, -0.2) is 13.2 Å². The van der Waals surface area contributed by atoms with Crippen LogP contribution in [0.3, 0.4) is 0 Å². The minimum Gasteiger partial charge on any atom is -0.462 e. The van der Waals surface area contributed by atoms with Crippen molar-refractivity contribution in [2.24, 2.45) is 5.92 Å². The molecule has 2 aliphatic rings. The largest absolute Gasteiger partial charge is 0.462 e. The molecular formula is C18H27N3O5S. The first-order chi connectivity index (χ1) is 12.8. The van der Waals surface area contributed by atoms with Crippen LogP contribution < -0.4 is 5.32 Å². The summed E-state index contributed by atoms with van der Waals surface area (Å²) in [5, 5.41) is 2.96. The van der Waals surface area contributed by atoms with Crippen molar-refractivity contribution in [3.63, 3.8) is 0 Å². The molecule has 9 heteroatoms. The number of aryl methyl sites for hydroxylation is 2. The van der Waals surface area contributed by atoms with Gasteiger partial charge in [-0.2, -0.15) is 4.31 Å². The SMILES string of the molecule is CCOC(=O)c1c(C)[nH]c(C)c1S(=O)(=O)N1CCCC(C(=O)NC2CC2)C1. The molecular weight excluding hydrogens is 370 g/mol. The molecule has 0 bridgehead atoms. The van der Waals surface area contributed by atoms with Gasteiger partial charge >= 0.3 is 5.97 Å². The second kappa shape index (κ2) is 7.63. The first-order valence-corrected chi connectivity index (χ1v) is 10.9. The fourth-order valence-electron chi connectivity index (χ4n) is 3.58. The number of carbonyl (C=O) groups excluding carboxylic acids is 2. The standard InChI is InChI=1S/C18H27N3O5S/c1-4-26-18(23)15-11(2)19-12(3)16(15)27(24,25)21-9-5-6-13(10-21)17(22)20-14-7-8-14/h13-14,19H,4-10H2,1-3H3,(H,20,22). The molecule has 0 spiro atoms. The molecule has 1 amide bonds. The molecule has 1 saturated heterocycles. The average Bonchev–Trinajstić information content (AvgIpc) is 3.37. The lowest BCUT2D eigenvalue weighted by molar-refractivity contribution is -0.126. The molecule has 8 nitrogen and oxygen atoms in total. The van der Waals surface area contributed by atoms with Gasteiger partial charge in [-0.15, -0.1) is 0 Å². The predicted octanol–water partition coefficient (Wildman–Crippen LogP) is 1.49. The number of sulfonamides is 1. The monoisotopic (exact) mass is 397 g/mol. The molecule has 1 aromatic rings. The second-order valence-electron chi connectivity index (χ2n) is 7.28. The van der Waals surface area contributed by atoms with Crippen molar-refractivity contribution in [2.75, 3.05) is 19.7 Å². The summed E-state index contributed by atoms with van der Waals surface area (Å²) in [5.41, 5.74) is 0.920. The normalized spacial score (nSPS) is 21.1. The number of hydrogen-bond acceptors (Lipinski definition) is 5. The number of amides is 1. The third-order valence-electron chi connectivity index (χ3n) is 5.07. The van der Waals surface area contributed by atoms with Crippen molar-refractivity contribution in [3.8, 4) is 0 Å². The minimum atomic E-state index is -3.92. The molecule has 1 atom stereocenters. The smallest absolute Gasteiger partial charge is 0.341 e. The number of carbonyl (C=O) groups is 2. The van der Waals surface area contributed by atoms with E-state index >= 15 is 0 Å². The van der Waals surface area contributed by atoms with Crippen LogP contribution in [0, 0.1) is 19.8 Å². The van der Waals surface area contributed by atoms with Crippen molar-refractivity contribution < 1.29 is 22.7 Å². The van der Waals surface area contributed by atoms with E-state index in [4.69, 9.17) is 4.74 Å². The number of nitrogens with zero attached hydrogens (tertiary/aromatic N) is 1. The first-order valence-electron chi connectivity index (χ1n) is 9.42. The third-order valence-corrected chi connectivity index (χ3v) is 7.11. The van der Waals surface area contributed by atoms with E-state index in [1.807, 2.05) is 0 Å². The van der Waals surface area contributed by atoms with E-state index in [0.29, 0.717) is 30.8 Å². The highest BCUT2D eigenvalue weighted by atomic mass is 32.2. The Kier molecular flexibility index (Phi) is 5.62. The summed E-state index contributed by atoms with van der Waals surface area (Å²) in [5.74, 6) is -1.09. The maximum absolute atomic E-state index is 13.3. The van der Waals surface area contributed by atoms with E-state index in [0.717, 1.165) is 12.8 Å². The Morgan fingerprint density at radius 3 is 2.56 bits per heavy atom. The summed E-state index contributed by atoms with van der Waals surface area (Å²) in [7, 11) is -3.92. The second-order valence-corrected chi connectivity index (χ2v) is 9.16. The maximum Gasteiger partial charge on any atom is 0.341 e. The van der Waals surface area contributed by atoms with Crippen LogP contribution in [0.4, 0.5) is 0 Å². The molecule has 1 aliphatic heterocycles. The van der Waals surface area contributed by atoms with Crippen molar-refractivity contribution in [2.45, 2.75) is 57.4 Å².